The van der Waals surface area contributed by atoms with Crippen LogP contribution in [0.1, 0.15) is 42.4 Å². The Hall–Kier alpha value is -3.90. The molecule has 0 aliphatic heterocycles. The number of hydrogen-bond acceptors (Lipinski definition) is 7. The molecule has 0 saturated heterocycles. The Bertz CT molecular complexity index is 1330. The summed E-state index contributed by atoms with van der Waals surface area (Å²) in [4.78, 5) is 16.8. The molecule has 0 fully saturated rings. The van der Waals surface area contributed by atoms with Crippen molar-refractivity contribution in [2.75, 3.05) is 27.4 Å². The summed E-state index contributed by atoms with van der Waals surface area (Å²) in [6.45, 7) is 5.68. The summed E-state index contributed by atoms with van der Waals surface area (Å²) in [5, 5.41) is 22.3. The maximum absolute atomic E-state index is 14.2. The van der Waals surface area contributed by atoms with Crippen LogP contribution in [0, 0.1) is 12.7 Å². The number of nitrogens with zero attached hydrogens (tertiary/aromatic N) is 1. The highest BCUT2D eigenvalue weighted by molar-refractivity contribution is 5.95. The van der Waals surface area contributed by atoms with Gasteiger partial charge in [-0.1, -0.05) is 13.8 Å². The minimum Gasteiger partial charge on any atom is -0.494 e. The van der Waals surface area contributed by atoms with Crippen molar-refractivity contribution in [2.24, 2.45) is 0 Å². The van der Waals surface area contributed by atoms with Gasteiger partial charge in [0.1, 0.15) is 23.9 Å². The largest absolute Gasteiger partial charge is 0.494 e. The summed E-state index contributed by atoms with van der Waals surface area (Å²) in [7, 11) is 2.60. The van der Waals surface area contributed by atoms with E-state index in [0.717, 1.165) is 12.1 Å². The molecule has 0 aliphatic rings. The number of carbonyl (C=O) groups is 1. The van der Waals surface area contributed by atoms with E-state index in [4.69, 9.17) is 14.2 Å². The Morgan fingerprint density at radius 1 is 1.00 bits per heavy atom. The van der Waals surface area contributed by atoms with E-state index in [1.165, 1.54) is 64.5 Å². The second kappa shape index (κ2) is 14.1. The molecule has 1 unspecified atom stereocenters. The Morgan fingerprint density at radius 3 is 2.20 bits per heavy atom. The molecule has 1 aromatic heterocycles. The molecule has 3 N–H and O–H groups in total. The van der Waals surface area contributed by atoms with Gasteiger partial charge in [0.15, 0.2) is 11.5 Å². The van der Waals surface area contributed by atoms with Gasteiger partial charge in [-0.05, 0) is 67.9 Å². The van der Waals surface area contributed by atoms with E-state index in [-0.39, 0.29) is 46.2 Å². The van der Waals surface area contributed by atoms with Gasteiger partial charge in [0.05, 0.1) is 32.6 Å². The van der Waals surface area contributed by atoms with Crippen LogP contribution in [0.15, 0.2) is 48.5 Å². The van der Waals surface area contributed by atoms with E-state index in [2.05, 4.69) is 10.3 Å². The van der Waals surface area contributed by atoms with Crippen LogP contribution < -0.4 is 19.5 Å². The summed E-state index contributed by atoms with van der Waals surface area (Å²) in [6.07, 6.45) is -6.01. The van der Waals surface area contributed by atoms with Crippen molar-refractivity contribution in [3.63, 3.8) is 0 Å². The lowest BCUT2D eigenvalue weighted by molar-refractivity contribution is -0.265. The summed E-state index contributed by atoms with van der Waals surface area (Å²) in [5.74, 6) is -1.01. The monoisotopic (exact) mass is 582 g/mol. The molecule has 3 aromatic rings. The molecular weight excluding hydrogens is 548 g/mol. The van der Waals surface area contributed by atoms with Gasteiger partial charge in [-0.25, -0.2) is 9.37 Å². The average Bonchev–Trinajstić information content (AvgIpc) is 2.95. The Balaban J connectivity index is 0.00000287. The van der Waals surface area contributed by atoms with Gasteiger partial charge in [-0.3, -0.25) is 4.79 Å². The SMILES string of the molecule is CC.COc1cc(C(=O)NCC(O)(c2ccc(OC)c(-c3ccc(F)c(C)c3)n2)C(F)(F)F)ccc1OC[C@@H](C)O. The Morgan fingerprint density at radius 2 is 1.63 bits per heavy atom. The number of carbonyl (C=O) groups excluding carboxylic acids is 1. The molecule has 0 saturated carbocycles. The summed E-state index contributed by atoms with van der Waals surface area (Å²) < 4.78 is 72.2. The molecule has 2 atom stereocenters. The number of aryl methyl sites for hydroxylation is 1. The van der Waals surface area contributed by atoms with Gasteiger partial charge >= 0.3 is 6.18 Å². The molecule has 3 rings (SSSR count). The van der Waals surface area contributed by atoms with Crippen molar-refractivity contribution >= 4 is 5.91 Å². The number of methoxy groups -OCH3 is 2. The van der Waals surface area contributed by atoms with Crippen molar-refractivity contribution in [2.45, 2.75) is 45.6 Å². The molecule has 8 nitrogen and oxygen atoms in total. The van der Waals surface area contributed by atoms with Crippen molar-refractivity contribution in [3.8, 4) is 28.5 Å². The molecular formula is C29H34F4N2O6. The van der Waals surface area contributed by atoms with Crippen LogP contribution in [-0.2, 0) is 5.60 Å². The quantitative estimate of drug-likeness (QED) is 0.283. The fraction of sp³-hybridized carbons (Fsp3) is 0.379. The molecule has 1 amide bonds. The van der Waals surface area contributed by atoms with Gasteiger partial charge in [-0.15, -0.1) is 0 Å². The van der Waals surface area contributed by atoms with E-state index in [0.29, 0.717) is 0 Å². The fourth-order valence-electron chi connectivity index (χ4n) is 3.62. The van der Waals surface area contributed by atoms with Crippen LogP contribution in [0.2, 0.25) is 0 Å². The predicted molar refractivity (Wildman–Crippen MR) is 145 cm³/mol. The zero-order valence-electron chi connectivity index (χ0n) is 23.6. The number of pyridine rings is 1. The van der Waals surface area contributed by atoms with Gasteiger partial charge in [0.2, 0.25) is 5.60 Å². The molecule has 41 heavy (non-hydrogen) atoms. The van der Waals surface area contributed by atoms with Crippen LogP contribution in [0.5, 0.6) is 17.2 Å². The summed E-state index contributed by atoms with van der Waals surface area (Å²) in [6, 6.07) is 9.91. The normalized spacial score (nSPS) is 13.3. The molecule has 224 valence electrons. The number of benzene rings is 2. The van der Waals surface area contributed by atoms with Crippen LogP contribution >= 0.6 is 0 Å². The lowest BCUT2D eigenvalue weighted by Gasteiger charge is -2.30. The topological polar surface area (TPSA) is 110 Å². The second-order valence-electron chi connectivity index (χ2n) is 8.78. The smallest absolute Gasteiger partial charge is 0.424 e. The zero-order chi connectivity index (χ0) is 31.0. The first-order chi connectivity index (χ1) is 19.3. The second-order valence-corrected chi connectivity index (χ2v) is 8.78. The van der Waals surface area contributed by atoms with Crippen molar-refractivity contribution in [1.82, 2.24) is 10.3 Å². The highest BCUT2D eigenvalue weighted by Crippen LogP contribution is 2.40. The van der Waals surface area contributed by atoms with Crippen LogP contribution in [0.3, 0.4) is 0 Å². The predicted octanol–water partition coefficient (Wildman–Crippen LogP) is 5.18. The van der Waals surface area contributed by atoms with Crippen molar-refractivity contribution < 1.29 is 46.8 Å². The number of aliphatic hydroxyl groups excluding tert-OH is 1. The maximum atomic E-state index is 14.2. The number of halogens is 4. The van der Waals surface area contributed by atoms with Gasteiger partial charge in [-0.2, -0.15) is 13.2 Å². The molecule has 12 heteroatoms. The number of aliphatic hydroxyl groups is 2. The molecule has 1 heterocycles. The number of hydrogen-bond donors (Lipinski definition) is 3. The number of amides is 1. The lowest BCUT2D eigenvalue weighted by Crippen LogP contribution is -2.51. The van der Waals surface area contributed by atoms with E-state index in [9.17, 15) is 32.6 Å². The Labute approximate surface area is 235 Å². The molecule has 0 radical (unpaired) electrons. The molecule has 0 bridgehead atoms. The first kappa shape index (κ1) is 33.3. The third kappa shape index (κ3) is 7.86. The van der Waals surface area contributed by atoms with E-state index in [1.54, 1.807) is 0 Å². The highest BCUT2D eigenvalue weighted by Gasteiger charge is 2.56. The van der Waals surface area contributed by atoms with Crippen LogP contribution in [0.4, 0.5) is 17.6 Å². The van der Waals surface area contributed by atoms with Gasteiger partial charge in [0, 0.05) is 11.1 Å². The van der Waals surface area contributed by atoms with Crippen molar-refractivity contribution in [1.29, 1.82) is 0 Å². The number of ether oxygens (including phenoxy) is 3. The maximum Gasteiger partial charge on any atom is 0.424 e. The van der Waals surface area contributed by atoms with E-state index < -0.39 is 41.8 Å². The standard InChI is InChI=1S/C27H28F4N2O6.C2H6/c1-15-11-17(5-7-19(15)28)24-21(37-3)9-10-23(33-24)26(36,27(29,30)31)14-32-25(35)18-6-8-20(22(12-18)38-4)39-13-16(2)34;1-2/h5-12,16,34,36H,13-14H2,1-4H3,(H,32,35);1-2H3/t16-,26?;/m1./s1. The number of nitrogens with one attached hydrogen (secondary N) is 1. The highest BCUT2D eigenvalue weighted by atomic mass is 19.4. The number of aromatic nitrogens is 1. The third-order valence-corrected chi connectivity index (χ3v) is 5.81. The van der Waals surface area contributed by atoms with E-state index >= 15 is 0 Å². The van der Waals surface area contributed by atoms with Crippen LogP contribution in [0.25, 0.3) is 11.3 Å². The fourth-order valence-corrected chi connectivity index (χ4v) is 3.62. The molecule has 0 aliphatic carbocycles. The first-order valence-corrected chi connectivity index (χ1v) is 12.7. The zero-order valence-corrected chi connectivity index (χ0v) is 23.6. The minimum atomic E-state index is -5.24. The number of rotatable bonds is 10. The number of alkyl halides is 3. The van der Waals surface area contributed by atoms with Crippen LogP contribution in [-0.4, -0.2) is 60.8 Å². The molecule has 0 spiro atoms. The minimum absolute atomic E-state index is 0.0468. The lowest BCUT2D eigenvalue weighted by atomic mass is 9.96. The summed E-state index contributed by atoms with van der Waals surface area (Å²) in [5.41, 5.74) is -3.99. The molecule has 2 aromatic carbocycles. The van der Waals surface area contributed by atoms with Crippen molar-refractivity contribution in [3.05, 3.63) is 71.2 Å². The average molecular weight is 583 g/mol. The van der Waals surface area contributed by atoms with Gasteiger partial charge in [0.25, 0.3) is 5.91 Å². The third-order valence-electron chi connectivity index (χ3n) is 5.81. The Kier molecular flexibility index (Phi) is 11.5. The first-order valence-electron chi connectivity index (χ1n) is 12.7. The van der Waals surface area contributed by atoms with E-state index in [1.807, 2.05) is 13.8 Å². The summed E-state index contributed by atoms with van der Waals surface area (Å²) >= 11 is 0. The van der Waals surface area contributed by atoms with Gasteiger partial charge < -0.3 is 29.7 Å².